The van der Waals surface area contributed by atoms with Gasteiger partial charge in [0.1, 0.15) is 0 Å². The highest BCUT2D eigenvalue weighted by atomic mass is 35.5. The van der Waals surface area contributed by atoms with Crippen LogP contribution in [0.25, 0.3) is 12.2 Å². The van der Waals surface area contributed by atoms with Crippen LogP contribution in [0.5, 0.6) is 0 Å². The summed E-state index contributed by atoms with van der Waals surface area (Å²) in [5.74, 6) is 0.729. The van der Waals surface area contributed by atoms with E-state index in [-0.39, 0.29) is 0 Å². The number of nitrogens with one attached hydrogen (secondary N) is 2. The molecule has 0 unspecified atom stereocenters. The zero-order valence-electron chi connectivity index (χ0n) is 18.9. The summed E-state index contributed by atoms with van der Waals surface area (Å²) in [4.78, 5) is 4.69. The van der Waals surface area contributed by atoms with Gasteiger partial charge in [0, 0.05) is 23.1 Å². The van der Waals surface area contributed by atoms with Crippen LogP contribution in [-0.4, -0.2) is 24.8 Å². The molecule has 6 heteroatoms. The molecule has 0 aromatic heterocycles. The fraction of sp³-hybridized carbons (Fsp3) is 0.333. The number of hydrogen-bond acceptors (Lipinski definition) is 4. The Morgan fingerprint density at radius 1 is 0.758 bits per heavy atom. The van der Waals surface area contributed by atoms with Crippen LogP contribution in [0.4, 0.5) is 0 Å². The molecule has 1 aliphatic heterocycles. The fourth-order valence-corrected chi connectivity index (χ4v) is 3.66. The standard InChI is InChI=1S/C27H32Cl2N4/c28-24-14-8-22(9-15-24)12-18-26(19-13-23-10-16-25(29)17-11-23)32-33-27-30-20-6-4-2-1-3-5-7-21-31-27/h8-19H,1-7,20-21H2,(H2,30,31,33). The van der Waals surface area contributed by atoms with Gasteiger partial charge < -0.3 is 5.32 Å². The smallest absolute Gasteiger partial charge is 0.212 e. The predicted octanol–water partition coefficient (Wildman–Crippen LogP) is 7.36. The van der Waals surface area contributed by atoms with Gasteiger partial charge in [-0.05, 0) is 60.4 Å². The summed E-state index contributed by atoms with van der Waals surface area (Å²) in [6.07, 6.45) is 16.7. The molecule has 0 radical (unpaired) electrons. The van der Waals surface area contributed by atoms with Crippen molar-refractivity contribution in [3.05, 3.63) is 81.9 Å². The Bertz CT molecular complexity index is 903. The van der Waals surface area contributed by atoms with E-state index in [2.05, 4.69) is 15.8 Å². The normalized spacial score (nSPS) is 15.9. The van der Waals surface area contributed by atoms with Gasteiger partial charge in [-0.15, -0.1) is 0 Å². The number of hydrogen-bond donors (Lipinski definition) is 2. The van der Waals surface area contributed by atoms with E-state index in [9.17, 15) is 0 Å². The maximum Gasteiger partial charge on any atom is 0.212 e. The van der Waals surface area contributed by atoms with Crippen LogP contribution < -0.4 is 10.7 Å². The lowest BCUT2D eigenvalue weighted by molar-refractivity contribution is 0.570. The van der Waals surface area contributed by atoms with Gasteiger partial charge in [-0.1, -0.05) is 91.7 Å². The van der Waals surface area contributed by atoms with Crippen molar-refractivity contribution in [2.45, 2.75) is 44.9 Å². The van der Waals surface area contributed by atoms with Crippen molar-refractivity contribution in [3.8, 4) is 0 Å². The van der Waals surface area contributed by atoms with E-state index in [4.69, 9.17) is 28.2 Å². The van der Waals surface area contributed by atoms with Crippen LogP contribution in [0.1, 0.15) is 56.1 Å². The number of allylic oxidation sites excluding steroid dienone is 2. The van der Waals surface area contributed by atoms with Crippen LogP contribution in [0.15, 0.2) is 70.8 Å². The maximum absolute atomic E-state index is 6.01. The fourth-order valence-electron chi connectivity index (χ4n) is 3.41. The molecule has 4 nitrogen and oxygen atoms in total. The minimum atomic E-state index is 0.719. The number of nitrogens with zero attached hydrogens (tertiary/aromatic N) is 2. The monoisotopic (exact) mass is 482 g/mol. The highest BCUT2D eigenvalue weighted by Gasteiger charge is 2.01. The van der Waals surface area contributed by atoms with E-state index in [0.717, 1.165) is 58.8 Å². The lowest BCUT2D eigenvalue weighted by atomic mass is 10.1. The first-order valence-corrected chi connectivity index (χ1v) is 12.4. The summed E-state index contributed by atoms with van der Waals surface area (Å²) in [5, 5.41) is 9.47. The molecule has 2 N–H and O–H groups in total. The average molecular weight is 483 g/mol. The number of aliphatic imine (C=N–C) groups is 1. The molecule has 3 rings (SSSR count). The van der Waals surface area contributed by atoms with Gasteiger partial charge >= 0.3 is 0 Å². The Balaban J connectivity index is 1.74. The highest BCUT2D eigenvalue weighted by Crippen LogP contribution is 2.13. The Morgan fingerprint density at radius 2 is 1.27 bits per heavy atom. The van der Waals surface area contributed by atoms with Crippen LogP contribution in [-0.2, 0) is 0 Å². The van der Waals surface area contributed by atoms with E-state index in [1.807, 2.05) is 72.8 Å². The van der Waals surface area contributed by atoms with E-state index < -0.39 is 0 Å². The highest BCUT2D eigenvalue weighted by molar-refractivity contribution is 6.30. The van der Waals surface area contributed by atoms with Crippen LogP contribution in [0.2, 0.25) is 10.0 Å². The summed E-state index contributed by atoms with van der Waals surface area (Å²) in [7, 11) is 0. The van der Waals surface area contributed by atoms with Gasteiger partial charge in [0.2, 0.25) is 5.96 Å². The first-order chi connectivity index (χ1) is 16.2. The van der Waals surface area contributed by atoms with Crippen molar-refractivity contribution < 1.29 is 0 Å². The second-order valence-corrected chi connectivity index (χ2v) is 8.92. The van der Waals surface area contributed by atoms with Gasteiger partial charge in [-0.25, -0.2) is 5.43 Å². The largest absolute Gasteiger partial charge is 0.355 e. The van der Waals surface area contributed by atoms with Crippen LogP contribution >= 0.6 is 23.2 Å². The van der Waals surface area contributed by atoms with Crippen molar-refractivity contribution >= 4 is 47.0 Å². The first-order valence-electron chi connectivity index (χ1n) is 11.7. The molecular weight excluding hydrogens is 451 g/mol. The third-order valence-corrected chi connectivity index (χ3v) is 5.83. The summed E-state index contributed by atoms with van der Waals surface area (Å²) < 4.78 is 0. The minimum Gasteiger partial charge on any atom is -0.355 e. The molecule has 0 saturated heterocycles. The third kappa shape index (κ3) is 10.3. The Morgan fingerprint density at radius 3 is 1.85 bits per heavy atom. The maximum atomic E-state index is 6.01. The molecule has 1 heterocycles. The molecule has 0 spiro atoms. The molecule has 0 atom stereocenters. The van der Waals surface area contributed by atoms with Gasteiger partial charge in [0.25, 0.3) is 0 Å². The summed E-state index contributed by atoms with van der Waals surface area (Å²) >= 11 is 12.0. The summed E-state index contributed by atoms with van der Waals surface area (Å²) in [6, 6.07) is 15.4. The first kappa shape index (κ1) is 25.1. The molecule has 2 aromatic carbocycles. The molecular formula is C27H32Cl2N4. The second kappa shape index (κ2) is 14.6. The Labute approximate surface area is 207 Å². The van der Waals surface area contributed by atoms with E-state index in [1.165, 1.54) is 32.1 Å². The molecule has 174 valence electrons. The van der Waals surface area contributed by atoms with Crippen molar-refractivity contribution in [2.24, 2.45) is 10.1 Å². The zero-order valence-corrected chi connectivity index (χ0v) is 20.5. The lowest BCUT2D eigenvalue weighted by Crippen LogP contribution is -2.35. The van der Waals surface area contributed by atoms with Crippen molar-refractivity contribution in [3.63, 3.8) is 0 Å². The Kier molecular flexibility index (Phi) is 11.1. The molecule has 0 bridgehead atoms. The molecule has 0 fully saturated rings. The Hall–Kier alpha value is -2.56. The van der Waals surface area contributed by atoms with E-state index in [1.54, 1.807) is 0 Å². The van der Waals surface area contributed by atoms with Gasteiger partial charge in [-0.3, -0.25) is 4.99 Å². The minimum absolute atomic E-state index is 0.719. The molecule has 0 amide bonds. The SMILES string of the molecule is Clc1ccc(C=CC(C=Cc2ccc(Cl)cc2)=NNC2=NCCCCCCCCCN2)cc1. The number of guanidine groups is 1. The predicted molar refractivity (Wildman–Crippen MR) is 144 cm³/mol. The lowest BCUT2D eigenvalue weighted by Gasteiger charge is -2.11. The number of halogens is 2. The molecule has 0 saturated carbocycles. The van der Waals surface area contributed by atoms with Crippen LogP contribution in [0.3, 0.4) is 0 Å². The van der Waals surface area contributed by atoms with Crippen molar-refractivity contribution in [2.75, 3.05) is 13.1 Å². The van der Waals surface area contributed by atoms with Crippen molar-refractivity contribution in [1.29, 1.82) is 0 Å². The molecule has 33 heavy (non-hydrogen) atoms. The van der Waals surface area contributed by atoms with E-state index in [0.29, 0.717) is 0 Å². The van der Waals surface area contributed by atoms with Gasteiger partial charge in [-0.2, -0.15) is 5.10 Å². The summed E-state index contributed by atoms with van der Waals surface area (Å²) in [6.45, 7) is 1.71. The third-order valence-electron chi connectivity index (χ3n) is 5.32. The van der Waals surface area contributed by atoms with E-state index >= 15 is 0 Å². The van der Waals surface area contributed by atoms with Crippen LogP contribution in [0, 0.1) is 0 Å². The average Bonchev–Trinajstić information content (AvgIpc) is 2.82. The van der Waals surface area contributed by atoms with Gasteiger partial charge in [0.05, 0.1) is 5.71 Å². The van der Waals surface area contributed by atoms with Crippen molar-refractivity contribution in [1.82, 2.24) is 10.7 Å². The van der Waals surface area contributed by atoms with Gasteiger partial charge in [0.15, 0.2) is 0 Å². The number of rotatable bonds is 5. The molecule has 1 aliphatic rings. The topological polar surface area (TPSA) is 48.8 Å². The summed E-state index contributed by atoms with van der Waals surface area (Å²) in [5.41, 5.74) is 6.02. The zero-order chi connectivity index (χ0) is 23.1. The molecule has 0 aliphatic carbocycles. The second-order valence-electron chi connectivity index (χ2n) is 8.05. The molecule has 2 aromatic rings. The quantitative estimate of drug-likeness (QED) is 0.345. The number of benzene rings is 2. The number of hydrazone groups is 1.